The minimum absolute atomic E-state index is 0.00843. The van der Waals surface area contributed by atoms with Gasteiger partial charge in [0.25, 0.3) is 0 Å². The molecule has 116 valence electrons. The largest absolute Gasteiger partial charge is 0.335 e. The van der Waals surface area contributed by atoms with Crippen molar-refractivity contribution < 1.29 is 4.79 Å². The van der Waals surface area contributed by atoms with Gasteiger partial charge in [-0.1, -0.05) is 23.7 Å². The molecular weight excluding hydrogens is 298 g/mol. The molecule has 1 aliphatic carbocycles. The lowest BCUT2D eigenvalue weighted by Crippen LogP contribution is -2.47. The Bertz CT molecular complexity index is 571. The van der Waals surface area contributed by atoms with Crippen LogP contribution in [-0.2, 0) is 4.79 Å². The van der Waals surface area contributed by atoms with Crippen molar-refractivity contribution >= 4 is 17.5 Å². The van der Waals surface area contributed by atoms with E-state index in [0.29, 0.717) is 10.9 Å². The molecule has 0 spiro atoms. The third-order valence-corrected chi connectivity index (χ3v) is 4.74. The van der Waals surface area contributed by atoms with Crippen molar-refractivity contribution in [3.8, 4) is 6.07 Å². The van der Waals surface area contributed by atoms with E-state index in [0.717, 1.165) is 44.3 Å². The van der Waals surface area contributed by atoms with Crippen LogP contribution in [0.25, 0.3) is 0 Å². The Morgan fingerprint density at radius 3 is 2.45 bits per heavy atom. The molecule has 1 heterocycles. The molecule has 22 heavy (non-hydrogen) atoms. The summed E-state index contributed by atoms with van der Waals surface area (Å²) in [5, 5.41) is 12.9. The average molecular weight is 318 g/mol. The number of nitrogens with one attached hydrogen (secondary N) is 1. The number of carbonyl (C=O) groups excluding carboxylic acids is 1. The van der Waals surface area contributed by atoms with E-state index in [1.165, 1.54) is 0 Å². The highest BCUT2D eigenvalue weighted by Crippen LogP contribution is 2.37. The quantitative estimate of drug-likeness (QED) is 0.908. The van der Waals surface area contributed by atoms with E-state index in [2.05, 4.69) is 16.3 Å². The van der Waals surface area contributed by atoms with Gasteiger partial charge in [0.05, 0.1) is 12.1 Å². The van der Waals surface area contributed by atoms with Crippen LogP contribution in [0, 0.1) is 17.2 Å². The van der Waals surface area contributed by atoms with Crippen molar-refractivity contribution in [1.82, 2.24) is 10.2 Å². The predicted molar refractivity (Wildman–Crippen MR) is 85.3 cm³/mol. The number of nitriles is 1. The van der Waals surface area contributed by atoms with Crippen molar-refractivity contribution in [2.75, 3.05) is 13.1 Å². The Kier molecular flexibility index (Phi) is 4.66. The molecule has 2 aliphatic rings. The first-order valence-electron chi connectivity index (χ1n) is 7.88. The van der Waals surface area contributed by atoms with Crippen LogP contribution in [0.4, 0.5) is 0 Å². The second-order valence-corrected chi connectivity index (χ2v) is 6.58. The molecule has 1 aromatic carbocycles. The number of nitrogens with zero attached hydrogens (tertiary/aromatic N) is 2. The summed E-state index contributed by atoms with van der Waals surface area (Å²) < 4.78 is 0. The molecule has 2 fully saturated rings. The van der Waals surface area contributed by atoms with Gasteiger partial charge in [0.2, 0.25) is 5.91 Å². The summed E-state index contributed by atoms with van der Waals surface area (Å²) >= 11 is 5.87. The first kappa shape index (κ1) is 15.3. The van der Waals surface area contributed by atoms with Crippen molar-refractivity contribution in [2.24, 2.45) is 5.92 Å². The van der Waals surface area contributed by atoms with E-state index >= 15 is 0 Å². The molecule has 4 nitrogen and oxygen atoms in total. The second-order valence-electron chi connectivity index (χ2n) is 6.15. The molecule has 0 aromatic heterocycles. The monoisotopic (exact) mass is 317 g/mol. The molecule has 0 unspecified atom stereocenters. The van der Waals surface area contributed by atoms with Crippen LogP contribution in [0.2, 0.25) is 5.02 Å². The van der Waals surface area contributed by atoms with E-state index in [9.17, 15) is 10.1 Å². The van der Waals surface area contributed by atoms with E-state index in [1.54, 1.807) is 24.3 Å². The summed E-state index contributed by atoms with van der Waals surface area (Å²) in [6.45, 7) is 1.99. The summed E-state index contributed by atoms with van der Waals surface area (Å²) in [5.74, 6) is 0.452. The maximum atomic E-state index is 12.7. The van der Waals surface area contributed by atoms with Crippen LogP contribution in [0.1, 0.15) is 37.3 Å². The topological polar surface area (TPSA) is 56.1 Å². The summed E-state index contributed by atoms with van der Waals surface area (Å²) in [6, 6.07) is 8.56. The van der Waals surface area contributed by atoms with E-state index in [-0.39, 0.29) is 11.9 Å². The normalized spacial score (nSPS) is 21.1. The minimum Gasteiger partial charge on any atom is -0.335 e. The van der Waals surface area contributed by atoms with Gasteiger partial charge < -0.3 is 5.32 Å². The average Bonchev–Trinajstić information content (AvgIpc) is 3.20. The molecule has 1 aromatic rings. The summed E-state index contributed by atoms with van der Waals surface area (Å²) in [6.07, 6.45) is 4.56. The number of amides is 1. The third kappa shape index (κ3) is 3.43. The molecule has 1 amide bonds. The van der Waals surface area contributed by atoms with Crippen molar-refractivity contribution in [1.29, 1.82) is 5.26 Å². The summed E-state index contributed by atoms with van der Waals surface area (Å²) in [4.78, 5) is 15.0. The number of hydrogen-bond acceptors (Lipinski definition) is 3. The highest BCUT2D eigenvalue weighted by atomic mass is 35.5. The molecule has 2 atom stereocenters. The zero-order valence-electron chi connectivity index (χ0n) is 12.5. The van der Waals surface area contributed by atoms with Crippen LogP contribution >= 0.6 is 11.6 Å². The number of benzene rings is 1. The Balaban J connectivity index is 1.70. The van der Waals surface area contributed by atoms with Crippen LogP contribution in [0.15, 0.2) is 24.3 Å². The number of halogens is 1. The van der Waals surface area contributed by atoms with Gasteiger partial charge in [0, 0.05) is 5.02 Å². The molecule has 1 saturated heterocycles. The lowest BCUT2D eigenvalue weighted by molar-refractivity contribution is -0.127. The maximum absolute atomic E-state index is 12.7. The van der Waals surface area contributed by atoms with Crippen LogP contribution in [0.5, 0.6) is 0 Å². The predicted octanol–water partition coefficient (Wildman–Crippen LogP) is 2.90. The van der Waals surface area contributed by atoms with Crippen LogP contribution in [-0.4, -0.2) is 29.9 Å². The fourth-order valence-electron chi connectivity index (χ4n) is 3.18. The number of rotatable bonds is 5. The Hall–Kier alpha value is -1.57. The zero-order chi connectivity index (χ0) is 15.5. The fraction of sp³-hybridized carbons (Fsp3) is 0.529. The lowest BCUT2D eigenvalue weighted by atomic mass is 10.1. The van der Waals surface area contributed by atoms with E-state index < -0.39 is 6.04 Å². The number of hydrogen-bond donors (Lipinski definition) is 1. The van der Waals surface area contributed by atoms with Gasteiger partial charge in [-0.25, -0.2) is 0 Å². The fourth-order valence-corrected chi connectivity index (χ4v) is 3.31. The molecule has 1 N–H and O–H groups in total. The van der Waals surface area contributed by atoms with Gasteiger partial charge in [0.15, 0.2) is 0 Å². The highest BCUT2D eigenvalue weighted by Gasteiger charge is 2.41. The second kappa shape index (κ2) is 6.68. The SMILES string of the molecule is N#C[C@@H](NC(=O)[C@H](C1CC1)N1CCCC1)c1ccc(Cl)cc1. The van der Waals surface area contributed by atoms with Gasteiger partial charge in [-0.05, 0) is 62.4 Å². The summed E-state index contributed by atoms with van der Waals surface area (Å²) in [7, 11) is 0. The first-order chi connectivity index (χ1) is 10.7. The standard InChI is InChI=1S/C17H20ClN3O/c18-14-7-5-12(6-8-14)15(11-19)20-17(22)16(13-3-4-13)21-9-1-2-10-21/h5-8,13,15-16H,1-4,9-10H2,(H,20,22)/t15-,16+/m1/s1. The van der Waals surface area contributed by atoms with Gasteiger partial charge in [0.1, 0.15) is 6.04 Å². The van der Waals surface area contributed by atoms with Crippen molar-refractivity contribution in [3.05, 3.63) is 34.9 Å². The lowest BCUT2D eigenvalue weighted by Gasteiger charge is -2.27. The molecule has 0 bridgehead atoms. The molecule has 3 rings (SSSR count). The first-order valence-corrected chi connectivity index (χ1v) is 8.26. The number of carbonyl (C=O) groups is 1. The minimum atomic E-state index is -0.617. The molecule has 1 aliphatic heterocycles. The maximum Gasteiger partial charge on any atom is 0.238 e. The third-order valence-electron chi connectivity index (χ3n) is 4.49. The van der Waals surface area contributed by atoms with E-state index in [4.69, 9.17) is 11.6 Å². The van der Waals surface area contributed by atoms with Crippen LogP contribution < -0.4 is 5.32 Å². The molecular formula is C17H20ClN3O. The van der Waals surface area contributed by atoms with E-state index in [1.807, 2.05) is 0 Å². The Morgan fingerprint density at radius 1 is 1.27 bits per heavy atom. The van der Waals surface area contributed by atoms with Crippen molar-refractivity contribution in [3.63, 3.8) is 0 Å². The van der Waals surface area contributed by atoms with Crippen molar-refractivity contribution in [2.45, 2.75) is 37.8 Å². The van der Waals surface area contributed by atoms with Gasteiger partial charge in [-0.2, -0.15) is 5.26 Å². The van der Waals surface area contributed by atoms with Gasteiger partial charge in [-0.3, -0.25) is 9.69 Å². The highest BCUT2D eigenvalue weighted by molar-refractivity contribution is 6.30. The van der Waals surface area contributed by atoms with Crippen LogP contribution in [0.3, 0.4) is 0 Å². The summed E-state index contributed by atoms with van der Waals surface area (Å²) in [5.41, 5.74) is 0.774. The molecule has 1 saturated carbocycles. The Labute approximate surface area is 136 Å². The molecule has 5 heteroatoms. The number of likely N-dealkylation sites (tertiary alicyclic amines) is 1. The Morgan fingerprint density at radius 2 is 1.91 bits per heavy atom. The van der Waals surface area contributed by atoms with Gasteiger partial charge in [-0.15, -0.1) is 0 Å². The zero-order valence-corrected chi connectivity index (χ0v) is 13.2. The smallest absolute Gasteiger partial charge is 0.238 e. The van der Waals surface area contributed by atoms with Gasteiger partial charge >= 0.3 is 0 Å². The molecule has 0 radical (unpaired) electrons.